The van der Waals surface area contributed by atoms with Crippen LogP contribution in [0.5, 0.6) is 0 Å². The average molecular weight is 327 g/mol. The van der Waals surface area contributed by atoms with Crippen LogP contribution in [0.15, 0.2) is 34.9 Å². The Labute approximate surface area is 141 Å². The number of hydrogen-bond donors (Lipinski definition) is 0. The lowest BCUT2D eigenvalue weighted by Crippen LogP contribution is -2.38. The largest absolute Gasteiger partial charge is 0.378 e. The zero-order chi connectivity index (χ0) is 16.4. The van der Waals surface area contributed by atoms with Gasteiger partial charge in [-0.2, -0.15) is 0 Å². The van der Waals surface area contributed by atoms with E-state index in [1.807, 2.05) is 35.2 Å². The number of morpholine rings is 1. The molecule has 2 saturated heterocycles. The van der Waals surface area contributed by atoms with Gasteiger partial charge in [0.1, 0.15) is 5.56 Å². The fourth-order valence-corrected chi connectivity index (χ4v) is 3.33. The number of carbonyl (C=O) groups is 1. The summed E-state index contributed by atoms with van der Waals surface area (Å²) in [5.41, 5.74) is 1.47. The van der Waals surface area contributed by atoms with E-state index in [1.54, 1.807) is 0 Å². The Morgan fingerprint density at radius 2 is 1.71 bits per heavy atom. The van der Waals surface area contributed by atoms with Crippen molar-refractivity contribution < 1.29 is 14.1 Å². The minimum Gasteiger partial charge on any atom is -0.378 e. The molecule has 1 amide bonds. The van der Waals surface area contributed by atoms with Gasteiger partial charge in [0.05, 0.1) is 13.2 Å². The van der Waals surface area contributed by atoms with Gasteiger partial charge in [0.25, 0.3) is 5.91 Å². The minimum absolute atomic E-state index is 0.0223. The lowest BCUT2D eigenvalue weighted by atomic mass is 10.1. The third-order valence-corrected chi connectivity index (χ3v) is 4.63. The van der Waals surface area contributed by atoms with E-state index in [0.717, 1.165) is 44.6 Å². The van der Waals surface area contributed by atoms with E-state index in [-0.39, 0.29) is 5.91 Å². The highest BCUT2D eigenvalue weighted by Gasteiger charge is 2.32. The van der Waals surface area contributed by atoms with E-state index in [0.29, 0.717) is 30.4 Å². The van der Waals surface area contributed by atoms with Crippen molar-refractivity contribution >= 4 is 11.7 Å². The molecule has 6 heteroatoms. The van der Waals surface area contributed by atoms with Crippen LogP contribution in [0, 0.1) is 0 Å². The first-order valence-corrected chi connectivity index (χ1v) is 8.51. The molecule has 0 aliphatic carbocycles. The summed E-state index contributed by atoms with van der Waals surface area (Å²) in [5, 5.41) is 4.26. The van der Waals surface area contributed by atoms with Gasteiger partial charge in [-0.15, -0.1) is 0 Å². The summed E-state index contributed by atoms with van der Waals surface area (Å²) >= 11 is 0. The summed E-state index contributed by atoms with van der Waals surface area (Å²) in [6, 6.07) is 9.73. The van der Waals surface area contributed by atoms with Crippen LogP contribution in [0.1, 0.15) is 23.2 Å². The summed E-state index contributed by atoms with van der Waals surface area (Å²) in [5.74, 6) is 1.23. The highest BCUT2D eigenvalue weighted by Crippen LogP contribution is 2.33. The summed E-state index contributed by atoms with van der Waals surface area (Å²) in [6.07, 6.45) is 2.12. The monoisotopic (exact) mass is 327 g/mol. The van der Waals surface area contributed by atoms with E-state index in [2.05, 4.69) is 10.1 Å². The quantitative estimate of drug-likeness (QED) is 0.866. The molecule has 2 aliphatic rings. The zero-order valence-corrected chi connectivity index (χ0v) is 13.6. The number of likely N-dealkylation sites (tertiary alicyclic amines) is 1. The Morgan fingerprint density at radius 1 is 1.00 bits per heavy atom. The second kappa shape index (κ2) is 6.65. The van der Waals surface area contributed by atoms with Crippen molar-refractivity contribution in [3.8, 4) is 11.3 Å². The lowest BCUT2D eigenvalue weighted by molar-refractivity contribution is 0.0792. The molecular weight excluding hydrogens is 306 g/mol. The first-order chi connectivity index (χ1) is 11.8. The SMILES string of the molecule is O=C(c1c(N2CCOCC2)noc1-c1ccccc1)N1CCCC1. The molecule has 2 aliphatic heterocycles. The molecule has 126 valence electrons. The fraction of sp³-hybridized carbons (Fsp3) is 0.444. The number of rotatable bonds is 3. The predicted molar refractivity (Wildman–Crippen MR) is 90.1 cm³/mol. The summed E-state index contributed by atoms with van der Waals surface area (Å²) < 4.78 is 11.1. The maximum absolute atomic E-state index is 13.1. The summed E-state index contributed by atoms with van der Waals surface area (Å²) in [6.45, 7) is 4.35. The van der Waals surface area contributed by atoms with Gasteiger partial charge in [-0.25, -0.2) is 0 Å². The second-order valence-corrected chi connectivity index (χ2v) is 6.18. The normalized spacial score (nSPS) is 18.2. The number of ether oxygens (including phenoxy) is 1. The molecule has 0 unspecified atom stereocenters. The number of amides is 1. The van der Waals surface area contributed by atoms with Crippen molar-refractivity contribution in [2.75, 3.05) is 44.3 Å². The highest BCUT2D eigenvalue weighted by atomic mass is 16.5. The molecule has 2 aromatic rings. The van der Waals surface area contributed by atoms with Crippen LogP contribution in [-0.4, -0.2) is 55.4 Å². The minimum atomic E-state index is 0.0223. The van der Waals surface area contributed by atoms with Crippen LogP contribution in [0.4, 0.5) is 5.82 Å². The van der Waals surface area contributed by atoms with Crippen molar-refractivity contribution in [1.82, 2.24) is 10.1 Å². The van der Waals surface area contributed by atoms with Crippen molar-refractivity contribution in [1.29, 1.82) is 0 Å². The van der Waals surface area contributed by atoms with Gasteiger partial charge >= 0.3 is 0 Å². The Hall–Kier alpha value is -2.34. The lowest BCUT2D eigenvalue weighted by Gasteiger charge is -2.27. The number of benzene rings is 1. The molecule has 0 atom stereocenters. The van der Waals surface area contributed by atoms with Gasteiger partial charge in [0.2, 0.25) is 0 Å². The van der Waals surface area contributed by atoms with E-state index in [4.69, 9.17) is 9.26 Å². The summed E-state index contributed by atoms with van der Waals surface area (Å²) in [4.78, 5) is 17.1. The number of hydrogen-bond acceptors (Lipinski definition) is 5. The number of carbonyl (C=O) groups excluding carboxylic acids is 1. The molecule has 4 rings (SSSR count). The Balaban J connectivity index is 1.76. The maximum Gasteiger partial charge on any atom is 0.261 e. The number of anilines is 1. The van der Waals surface area contributed by atoms with Crippen molar-refractivity contribution in [2.24, 2.45) is 0 Å². The molecule has 24 heavy (non-hydrogen) atoms. The van der Waals surface area contributed by atoms with Gasteiger partial charge < -0.3 is 19.1 Å². The Bertz CT molecular complexity index is 702. The molecule has 0 radical (unpaired) electrons. The van der Waals surface area contributed by atoms with Crippen LogP contribution in [-0.2, 0) is 4.74 Å². The van der Waals surface area contributed by atoms with Gasteiger partial charge in [-0.3, -0.25) is 4.79 Å². The maximum atomic E-state index is 13.1. The van der Waals surface area contributed by atoms with Crippen molar-refractivity contribution in [3.63, 3.8) is 0 Å². The Morgan fingerprint density at radius 3 is 2.42 bits per heavy atom. The van der Waals surface area contributed by atoms with E-state index < -0.39 is 0 Å². The number of nitrogens with zero attached hydrogens (tertiary/aromatic N) is 3. The first-order valence-electron chi connectivity index (χ1n) is 8.51. The molecule has 2 fully saturated rings. The topological polar surface area (TPSA) is 58.8 Å². The van der Waals surface area contributed by atoms with Gasteiger partial charge in [-0.1, -0.05) is 35.5 Å². The molecule has 0 N–H and O–H groups in total. The van der Waals surface area contributed by atoms with Crippen molar-refractivity contribution in [2.45, 2.75) is 12.8 Å². The van der Waals surface area contributed by atoms with Crippen LogP contribution >= 0.6 is 0 Å². The van der Waals surface area contributed by atoms with Gasteiger partial charge in [0, 0.05) is 31.7 Å². The first kappa shape index (κ1) is 15.2. The fourth-order valence-electron chi connectivity index (χ4n) is 3.33. The standard InChI is InChI=1S/C18H21N3O3/c22-18(21-8-4-5-9-21)15-16(14-6-2-1-3-7-14)24-19-17(15)20-10-12-23-13-11-20/h1-3,6-7H,4-5,8-13H2. The molecule has 0 saturated carbocycles. The summed E-state index contributed by atoms with van der Waals surface area (Å²) in [7, 11) is 0. The molecule has 0 bridgehead atoms. The third kappa shape index (κ3) is 2.78. The van der Waals surface area contributed by atoms with Crippen LogP contribution in [0.25, 0.3) is 11.3 Å². The predicted octanol–water partition coefficient (Wildman–Crippen LogP) is 2.41. The average Bonchev–Trinajstić information content (AvgIpc) is 3.32. The van der Waals surface area contributed by atoms with Crippen LogP contribution < -0.4 is 4.90 Å². The van der Waals surface area contributed by atoms with Crippen LogP contribution in [0.2, 0.25) is 0 Å². The van der Waals surface area contributed by atoms with E-state index in [1.165, 1.54) is 0 Å². The number of aromatic nitrogens is 1. The zero-order valence-electron chi connectivity index (χ0n) is 13.6. The van der Waals surface area contributed by atoms with Crippen molar-refractivity contribution in [3.05, 3.63) is 35.9 Å². The molecule has 3 heterocycles. The van der Waals surface area contributed by atoms with E-state index in [9.17, 15) is 4.79 Å². The Kier molecular flexibility index (Phi) is 4.21. The van der Waals surface area contributed by atoms with Gasteiger partial charge in [0.15, 0.2) is 11.6 Å². The van der Waals surface area contributed by atoms with E-state index >= 15 is 0 Å². The van der Waals surface area contributed by atoms with Crippen LogP contribution in [0.3, 0.4) is 0 Å². The third-order valence-electron chi connectivity index (χ3n) is 4.63. The highest BCUT2D eigenvalue weighted by molar-refractivity contribution is 6.04. The molecule has 1 aromatic carbocycles. The second-order valence-electron chi connectivity index (χ2n) is 6.18. The molecule has 0 spiro atoms. The smallest absolute Gasteiger partial charge is 0.261 e. The molecule has 6 nitrogen and oxygen atoms in total. The van der Waals surface area contributed by atoms with Gasteiger partial charge in [-0.05, 0) is 12.8 Å². The molecule has 1 aromatic heterocycles. The molecular formula is C18H21N3O3.